The number of hydrogen-bond acceptors (Lipinski definition) is 6. The van der Waals surface area contributed by atoms with Gasteiger partial charge >= 0.3 is 0 Å². The molecule has 6 aromatic rings. The van der Waals surface area contributed by atoms with E-state index in [1.54, 1.807) is 0 Å². The van der Waals surface area contributed by atoms with Gasteiger partial charge in [0.05, 0.1) is 22.4 Å². The summed E-state index contributed by atoms with van der Waals surface area (Å²) in [6, 6.07) is 34.6. The van der Waals surface area contributed by atoms with Crippen LogP contribution in [0.2, 0.25) is 0 Å². The second kappa shape index (κ2) is 14.1. The maximum Gasteiger partial charge on any atom is 0.160 e. The summed E-state index contributed by atoms with van der Waals surface area (Å²) in [6.45, 7) is 12.7. The van der Waals surface area contributed by atoms with Gasteiger partial charge in [0.1, 0.15) is 0 Å². The molecular weight excluding hydrogens is 589 g/mol. The van der Waals surface area contributed by atoms with E-state index in [1.165, 1.54) is 24.2 Å². The predicted octanol–water partition coefficient (Wildman–Crippen LogP) is 10.0. The molecule has 4 aromatic carbocycles. The number of benzene rings is 4. The number of aromatic nitrogens is 4. The smallest absolute Gasteiger partial charge is 0.160 e. The second-order valence-corrected chi connectivity index (χ2v) is 12.8. The number of hydrogen-bond donors (Lipinski definition) is 0. The van der Waals surface area contributed by atoms with E-state index in [0.29, 0.717) is 0 Å². The Labute approximate surface area is 284 Å². The first-order chi connectivity index (χ1) is 23.6. The first kappa shape index (κ1) is 31.7. The minimum absolute atomic E-state index is 0.219. The van der Waals surface area contributed by atoms with Crippen molar-refractivity contribution >= 4 is 33.2 Å². The lowest BCUT2D eigenvalue weighted by molar-refractivity contribution is 0.378. The molecular formula is C42H46N6. The van der Waals surface area contributed by atoms with Gasteiger partial charge in [-0.2, -0.15) is 0 Å². The Morgan fingerprint density at radius 1 is 0.479 bits per heavy atom. The molecule has 0 radical (unpaired) electrons. The fourth-order valence-electron chi connectivity index (χ4n) is 7.63. The summed E-state index contributed by atoms with van der Waals surface area (Å²) in [5, 5.41) is 2.28. The summed E-state index contributed by atoms with van der Waals surface area (Å²) in [5.74, 6) is 2.02. The van der Waals surface area contributed by atoms with Crippen molar-refractivity contribution in [3.8, 4) is 22.8 Å². The van der Waals surface area contributed by atoms with Crippen LogP contribution in [0, 0.1) is 0 Å². The summed E-state index contributed by atoms with van der Waals surface area (Å²) >= 11 is 0. The molecule has 0 aliphatic heterocycles. The highest BCUT2D eigenvalue weighted by Crippen LogP contribution is 2.47. The number of nitrogens with zero attached hydrogens (tertiary/aromatic N) is 6. The molecule has 6 nitrogen and oxygen atoms in total. The molecule has 1 fully saturated rings. The van der Waals surface area contributed by atoms with Crippen LogP contribution in [0.1, 0.15) is 76.6 Å². The second-order valence-electron chi connectivity index (χ2n) is 12.8. The molecule has 2 aromatic heterocycles. The molecule has 1 aliphatic rings. The van der Waals surface area contributed by atoms with Gasteiger partial charge in [-0.3, -0.25) is 0 Å². The Morgan fingerprint density at radius 3 is 1.23 bits per heavy atom. The number of rotatable bonds is 10. The van der Waals surface area contributed by atoms with Crippen LogP contribution >= 0.6 is 0 Å². The third-order valence-electron chi connectivity index (χ3n) is 10.2. The van der Waals surface area contributed by atoms with E-state index in [0.717, 1.165) is 95.0 Å². The van der Waals surface area contributed by atoms with Crippen LogP contribution in [-0.2, 0) is 0 Å². The predicted molar refractivity (Wildman–Crippen MR) is 201 cm³/mol. The van der Waals surface area contributed by atoms with Gasteiger partial charge in [-0.05, 0) is 101 Å². The topological polar surface area (TPSA) is 58.0 Å². The quantitative estimate of drug-likeness (QED) is 0.149. The van der Waals surface area contributed by atoms with Gasteiger partial charge in [-0.1, -0.05) is 49.2 Å². The molecule has 0 bridgehead atoms. The van der Waals surface area contributed by atoms with Gasteiger partial charge in [0.2, 0.25) is 0 Å². The fraction of sp³-hybridized carbons (Fsp3) is 0.333. The monoisotopic (exact) mass is 634 g/mol. The van der Waals surface area contributed by atoms with Crippen molar-refractivity contribution in [3.05, 3.63) is 108 Å². The lowest BCUT2D eigenvalue weighted by Gasteiger charge is -2.32. The molecule has 0 saturated heterocycles. The number of fused-ring (bicyclic) bond motifs is 2. The minimum atomic E-state index is 0.219. The van der Waals surface area contributed by atoms with E-state index < -0.39 is 0 Å². The minimum Gasteiger partial charge on any atom is -0.372 e. The summed E-state index contributed by atoms with van der Waals surface area (Å²) in [7, 11) is 0. The van der Waals surface area contributed by atoms with Crippen molar-refractivity contribution in [2.45, 2.75) is 65.2 Å². The van der Waals surface area contributed by atoms with Crippen LogP contribution in [0.5, 0.6) is 0 Å². The molecule has 244 valence electrons. The van der Waals surface area contributed by atoms with Gasteiger partial charge in [0.15, 0.2) is 11.6 Å². The van der Waals surface area contributed by atoms with Crippen LogP contribution in [-0.4, -0.2) is 46.1 Å². The number of para-hydroxylation sites is 2. The maximum absolute atomic E-state index is 5.42. The highest BCUT2D eigenvalue weighted by Gasteiger charge is 2.33. The molecule has 2 atom stereocenters. The summed E-state index contributed by atoms with van der Waals surface area (Å²) in [6.07, 6.45) is 4.49. The first-order valence-corrected chi connectivity index (χ1v) is 17.9. The van der Waals surface area contributed by atoms with Crippen molar-refractivity contribution < 1.29 is 0 Å². The Balaban J connectivity index is 1.33. The van der Waals surface area contributed by atoms with Crippen LogP contribution in [0.25, 0.3) is 44.6 Å². The summed E-state index contributed by atoms with van der Waals surface area (Å²) in [4.78, 5) is 25.7. The van der Waals surface area contributed by atoms with Crippen molar-refractivity contribution in [1.82, 2.24) is 19.9 Å². The molecule has 0 amide bonds. The molecule has 1 saturated carbocycles. The molecule has 1 aliphatic carbocycles. The molecule has 0 N–H and O–H groups in total. The molecule has 48 heavy (non-hydrogen) atoms. The third-order valence-corrected chi connectivity index (χ3v) is 10.2. The van der Waals surface area contributed by atoms with Crippen LogP contribution in [0.4, 0.5) is 11.4 Å². The zero-order chi connectivity index (χ0) is 33.0. The summed E-state index contributed by atoms with van der Waals surface area (Å²) < 4.78 is 0. The normalized spacial score (nSPS) is 16.3. The number of anilines is 2. The molecule has 0 spiro atoms. The Kier molecular flexibility index (Phi) is 9.33. The van der Waals surface area contributed by atoms with E-state index in [9.17, 15) is 0 Å². The highest BCUT2D eigenvalue weighted by molar-refractivity contribution is 5.85. The highest BCUT2D eigenvalue weighted by atomic mass is 15.1. The van der Waals surface area contributed by atoms with Crippen molar-refractivity contribution in [1.29, 1.82) is 0 Å². The zero-order valence-corrected chi connectivity index (χ0v) is 28.7. The Bertz CT molecular complexity index is 1850. The van der Waals surface area contributed by atoms with Gasteiger partial charge in [0, 0.05) is 71.3 Å². The Hall–Kier alpha value is -4.84. The average molecular weight is 635 g/mol. The van der Waals surface area contributed by atoms with Crippen molar-refractivity contribution in [3.63, 3.8) is 0 Å². The van der Waals surface area contributed by atoms with Crippen molar-refractivity contribution in [2.75, 3.05) is 36.0 Å². The van der Waals surface area contributed by atoms with Gasteiger partial charge < -0.3 is 9.80 Å². The molecule has 6 heteroatoms. The van der Waals surface area contributed by atoms with Crippen LogP contribution in [0.15, 0.2) is 97.1 Å². The lowest BCUT2D eigenvalue weighted by atomic mass is 9.74. The van der Waals surface area contributed by atoms with E-state index >= 15 is 0 Å². The van der Waals surface area contributed by atoms with Gasteiger partial charge in [-0.25, -0.2) is 19.9 Å². The van der Waals surface area contributed by atoms with E-state index in [-0.39, 0.29) is 11.8 Å². The van der Waals surface area contributed by atoms with Gasteiger partial charge in [0.25, 0.3) is 0 Å². The zero-order valence-electron chi connectivity index (χ0n) is 28.7. The fourth-order valence-corrected chi connectivity index (χ4v) is 7.63. The standard InChI is InChI=1S/C42H46N6/c1-5-47(6-2)31-25-21-29(22-26-31)41-43-37-19-13-11-17-35(37)39(45-41)33-15-9-10-16-34(33)40-36-18-12-14-20-38(36)44-42(46-40)30-23-27-32(28-24-30)48(7-3)8-4/h11-14,17-28,33-34H,5-10,15-16H2,1-4H3. The lowest BCUT2D eigenvalue weighted by Crippen LogP contribution is -2.21. The molecule has 2 unspecified atom stereocenters. The third kappa shape index (κ3) is 6.12. The SMILES string of the molecule is CCN(CC)c1ccc(-c2nc(C3CCCCC3c3nc(-c4ccc(N(CC)CC)cc4)nc4ccccc34)c3ccccc3n2)cc1. The van der Waals surface area contributed by atoms with Crippen molar-refractivity contribution in [2.24, 2.45) is 0 Å². The average Bonchev–Trinajstić information content (AvgIpc) is 3.15. The van der Waals surface area contributed by atoms with Crippen LogP contribution in [0.3, 0.4) is 0 Å². The van der Waals surface area contributed by atoms with E-state index in [1.807, 2.05) is 0 Å². The molecule has 7 rings (SSSR count). The Morgan fingerprint density at radius 2 is 0.854 bits per heavy atom. The van der Waals surface area contributed by atoms with E-state index in [4.69, 9.17) is 19.9 Å². The first-order valence-electron chi connectivity index (χ1n) is 17.9. The molecule has 2 heterocycles. The largest absolute Gasteiger partial charge is 0.372 e. The maximum atomic E-state index is 5.42. The summed E-state index contributed by atoms with van der Waals surface area (Å²) in [5.41, 5.74) is 8.83. The van der Waals surface area contributed by atoms with Crippen LogP contribution < -0.4 is 9.80 Å². The van der Waals surface area contributed by atoms with Gasteiger partial charge in [-0.15, -0.1) is 0 Å². The van der Waals surface area contributed by atoms with E-state index in [2.05, 4.69) is 135 Å².